The molecule has 14 heavy (non-hydrogen) atoms. The first-order valence-electron chi connectivity index (χ1n) is 4.06. The molecule has 0 bridgehead atoms. The number of aryl methyl sites for hydroxylation is 1. The summed E-state index contributed by atoms with van der Waals surface area (Å²) in [6.45, 7) is 0.768. The lowest BCUT2D eigenvalue weighted by Gasteiger charge is -1.99. The Balaban J connectivity index is 2.87. The van der Waals surface area contributed by atoms with Gasteiger partial charge < -0.3 is 10.1 Å². The van der Waals surface area contributed by atoms with Crippen molar-refractivity contribution in [1.29, 1.82) is 5.26 Å². The summed E-state index contributed by atoms with van der Waals surface area (Å²) in [5.41, 5.74) is 1.06. The normalized spacial score (nSPS) is 9.86. The lowest BCUT2D eigenvalue weighted by atomic mass is 10.4. The van der Waals surface area contributed by atoms with Crippen LogP contribution in [0.2, 0.25) is 0 Å². The molecule has 0 radical (unpaired) electrons. The molecule has 0 aliphatic carbocycles. The molecule has 76 valence electrons. The summed E-state index contributed by atoms with van der Waals surface area (Å²) in [6.07, 6.45) is 0. The van der Waals surface area contributed by atoms with E-state index in [-0.39, 0.29) is 6.61 Å². The van der Waals surface area contributed by atoms with E-state index in [2.05, 4.69) is 33.0 Å². The van der Waals surface area contributed by atoms with Crippen LogP contribution in [-0.4, -0.2) is 23.4 Å². The smallest absolute Gasteiger partial charge is 0.247 e. The summed E-state index contributed by atoms with van der Waals surface area (Å²) in [5.74, 6) is 0.528. The van der Waals surface area contributed by atoms with Gasteiger partial charge in [0.1, 0.15) is 6.07 Å². The van der Waals surface area contributed by atoms with Gasteiger partial charge in [-0.1, -0.05) is 0 Å². The van der Waals surface area contributed by atoms with E-state index < -0.39 is 0 Å². The molecule has 0 spiro atoms. The summed E-state index contributed by atoms with van der Waals surface area (Å²) >= 11 is 2.17. The number of nitrogens with zero attached hydrogens (tertiary/aromatic N) is 3. The number of nitriles is 1. The number of halogens is 1. The van der Waals surface area contributed by atoms with Crippen molar-refractivity contribution in [3.05, 3.63) is 9.26 Å². The maximum absolute atomic E-state index is 8.37. The first-order valence-corrected chi connectivity index (χ1v) is 5.14. The number of rotatable bonds is 4. The Labute approximate surface area is 96.2 Å². The highest BCUT2D eigenvalue weighted by atomic mass is 127. The highest BCUT2D eigenvalue weighted by Gasteiger charge is 2.13. The molecule has 0 aromatic carbocycles. The van der Waals surface area contributed by atoms with Gasteiger partial charge in [-0.2, -0.15) is 5.26 Å². The Morgan fingerprint density at radius 3 is 3.00 bits per heavy atom. The summed E-state index contributed by atoms with van der Waals surface area (Å²) in [6, 6.07) is 1.91. The van der Waals surface area contributed by atoms with Gasteiger partial charge in [0, 0.05) is 13.6 Å². The standard InChI is InChI=1S/C8H11IN4O/c1-11-5-6-7(9)8(12-13(6)2)14-4-3-10/h11H,4-5H2,1-2H3. The van der Waals surface area contributed by atoms with E-state index in [0.717, 1.165) is 15.8 Å². The van der Waals surface area contributed by atoms with Gasteiger partial charge in [-0.3, -0.25) is 4.68 Å². The van der Waals surface area contributed by atoms with E-state index in [4.69, 9.17) is 10.00 Å². The van der Waals surface area contributed by atoms with Gasteiger partial charge in [0.05, 0.1) is 9.26 Å². The largest absolute Gasteiger partial charge is 0.460 e. The Morgan fingerprint density at radius 1 is 1.71 bits per heavy atom. The molecular weight excluding hydrogens is 295 g/mol. The van der Waals surface area contributed by atoms with Gasteiger partial charge in [-0.05, 0) is 29.6 Å². The van der Waals surface area contributed by atoms with E-state index in [1.807, 2.05) is 20.2 Å². The second kappa shape index (κ2) is 5.17. The molecule has 0 saturated heterocycles. The van der Waals surface area contributed by atoms with Crippen molar-refractivity contribution >= 4 is 22.6 Å². The molecule has 0 amide bonds. The minimum atomic E-state index is 0.0337. The van der Waals surface area contributed by atoms with Gasteiger partial charge >= 0.3 is 0 Å². The number of ether oxygens (including phenoxy) is 1. The molecular formula is C8H11IN4O. The quantitative estimate of drug-likeness (QED) is 0.830. The van der Waals surface area contributed by atoms with Crippen LogP contribution in [0.1, 0.15) is 5.69 Å². The Morgan fingerprint density at radius 2 is 2.43 bits per heavy atom. The zero-order valence-electron chi connectivity index (χ0n) is 8.04. The van der Waals surface area contributed by atoms with Crippen molar-refractivity contribution in [1.82, 2.24) is 15.1 Å². The Hall–Kier alpha value is -0.810. The highest BCUT2D eigenvalue weighted by Crippen LogP contribution is 2.22. The third-order valence-electron chi connectivity index (χ3n) is 1.69. The first kappa shape index (κ1) is 11.3. The van der Waals surface area contributed by atoms with Crippen LogP contribution in [0, 0.1) is 14.9 Å². The molecule has 6 heteroatoms. The second-order valence-corrected chi connectivity index (χ2v) is 3.75. The maximum Gasteiger partial charge on any atom is 0.247 e. The third kappa shape index (κ3) is 2.36. The second-order valence-electron chi connectivity index (χ2n) is 2.67. The van der Waals surface area contributed by atoms with Crippen molar-refractivity contribution < 1.29 is 4.74 Å². The van der Waals surface area contributed by atoms with E-state index in [0.29, 0.717) is 5.88 Å². The van der Waals surface area contributed by atoms with Crippen LogP contribution in [0.3, 0.4) is 0 Å². The van der Waals surface area contributed by atoms with Gasteiger partial charge in [-0.25, -0.2) is 0 Å². The van der Waals surface area contributed by atoms with Crippen molar-refractivity contribution in [2.75, 3.05) is 13.7 Å². The SMILES string of the molecule is CNCc1c(I)c(OCC#N)nn1C. The minimum Gasteiger partial charge on any atom is -0.460 e. The third-order valence-corrected chi connectivity index (χ3v) is 2.77. The molecule has 0 aliphatic rings. The fourth-order valence-corrected chi connectivity index (χ4v) is 1.86. The molecule has 0 unspecified atom stereocenters. The zero-order valence-corrected chi connectivity index (χ0v) is 10.2. The molecule has 1 aromatic rings. The summed E-state index contributed by atoms with van der Waals surface area (Å²) < 4.78 is 7.87. The van der Waals surface area contributed by atoms with Gasteiger partial charge in [0.2, 0.25) is 5.88 Å². The Bertz CT molecular complexity index is 355. The zero-order chi connectivity index (χ0) is 10.6. The molecule has 5 nitrogen and oxygen atoms in total. The van der Waals surface area contributed by atoms with Gasteiger partial charge in [-0.15, -0.1) is 5.10 Å². The summed E-state index contributed by atoms with van der Waals surface area (Å²) in [7, 11) is 3.73. The predicted molar refractivity (Wildman–Crippen MR) is 59.8 cm³/mol. The van der Waals surface area contributed by atoms with E-state index in [9.17, 15) is 0 Å². The van der Waals surface area contributed by atoms with E-state index >= 15 is 0 Å². The van der Waals surface area contributed by atoms with Gasteiger partial charge in [0.25, 0.3) is 0 Å². The molecule has 0 saturated carbocycles. The molecule has 0 fully saturated rings. The lowest BCUT2D eigenvalue weighted by Crippen LogP contribution is -2.10. The average Bonchev–Trinajstić information content (AvgIpc) is 2.43. The Kier molecular flexibility index (Phi) is 4.16. The van der Waals surface area contributed by atoms with Crippen LogP contribution in [0.5, 0.6) is 5.88 Å². The van der Waals surface area contributed by atoms with Crippen molar-refractivity contribution in [2.24, 2.45) is 7.05 Å². The van der Waals surface area contributed by atoms with Crippen LogP contribution in [-0.2, 0) is 13.6 Å². The number of hydrogen-bond donors (Lipinski definition) is 1. The summed E-state index contributed by atoms with van der Waals surface area (Å²) in [5, 5.41) is 15.6. The lowest BCUT2D eigenvalue weighted by molar-refractivity contribution is 0.347. The van der Waals surface area contributed by atoms with Crippen LogP contribution in [0.4, 0.5) is 0 Å². The molecule has 1 heterocycles. The van der Waals surface area contributed by atoms with Crippen LogP contribution < -0.4 is 10.1 Å². The van der Waals surface area contributed by atoms with Crippen LogP contribution >= 0.6 is 22.6 Å². The first-order chi connectivity index (χ1) is 6.70. The number of hydrogen-bond acceptors (Lipinski definition) is 4. The molecule has 1 rings (SSSR count). The molecule has 0 atom stereocenters. The van der Waals surface area contributed by atoms with Crippen molar-refractivity contribution in [2.45, 2.75) is 6.54 Å². The number of aromatic nitrogens is 2. The van der Waals surface area contributed by atoms with Crippen LogP contribution in [0.15, 0.2) is 0 Å². The molecule has 1 N–H and O–H groups in total. The van der Waals surface area contributed by atoms with Crippen molar-refractivity contribution in [3.63, 3.8) is 0 Å². The fraction of sp³-hybridized carbons (Fsp3) is 0.500. The average molecular weight is 306 g/mol. The van der Waals surface area contributed by atoms with E-state index in [1.165, 1.54) is 0 Å². The number of nitrogens with one attached hydrogen (secondary N) is 1. The maximum atomic E-state index is 8.37. The molecule has 1 aromatic heterocycles. The van der Waals surface area contributed by atoms with Gasteiger partial charge in [0.15, 0.2) is 6.61 Å². The molecule has 0 aliphatic heterocycles. The van der Waals surface area contributed by atoms with Crippen LogP contribution in [0.25, 0.3) is 0 Å². The topological polar surface area (TPSA) is 62.9 Å². The van der Waals surface area contributed by atoms with E-state index in [1.54, 1.807) is 4.68 Å². The monoisotopic (exact) mass is 306 g/mol. The fourth-order valence-electron chi connectivity index (χ4n) is 1.06. The summed E-state index contributed by atoms with van der Waals surface area (Å²) in [4.78, 5) is 0. The van der Waals surface area contributed by atoms with Crippen molar-refractivity contribution in [3.8, 4) is 11.9 Å². The highest BCUT2D eigenvalue weighted by molar-refractivity contribution is 14.1. The predicted octanol–water partition coefficient (Wildman–Crippen LogP) is 0.646. The minimum absolute atomic E-state index is 0.0337.